The zero-order valence-corrected chi connectivity index (χ0v) is 10.9. The van der Waals surface area contributed by atoms with E-state index in [1.807, 2.05) is 42.6 Å². The fourth-order valence-electron chi connectivity index (χ4n) is 1.89. The van der Waals surface area contributed by atoms with Crippen molar-refractivity contribution in [2.45, 2.75) is 0 Å². The highest BCUT2D eigenvalue weighted by Gasteiger charge is 2.02. The molecule has 1 N–H and O–H groups in total. The highest BCUT2D eigenvalue weighted by atomic mass is 79.9. The van der Waals surface area contributed by atoms with Crippen molar-refractivity contribution in [3.63, 3.8) is 0 Å². The number of hydrogen-bond acceptors (Lipinski definition) is 2. The van der Waals surface area contributed by atoms with Gasteiger partial charge in [0.25, 0.3) is 5.56 Å². The first-order valence-electron chi connectivity index (χ1n) is 5.47. The maximum Gasteiger partial charge on any atom is 0.262 e. The molecule has 3 aromatic rings. The van der Waals surface area contributed by atoms with Crippen LogP contribution in [0.1, 0.15) is 0 Å². The molecule has 0 saturated carbocycles. The zero-order valence-electron chi connectivity index (χ0n) is 9.35. The van der Waals surface area contributed by atoms with E-state index in [-0.39, 0.29) is 5.56 Å². The molecule has 2 heterocycles. The number of H-pyrrole nitrogens is 1. The van der Waals surface area contributed by atoms with Gasteiger partial charge in [-0.25, -0.2) is 0 Å². The Morgan fingerprint density at radius 3 is 2.78 bits per heavy atom. The number of hydrogen-bond donors (Lipinski definition) is 1. The molecule has 18 heavy (non-hydrogen) atoms. The summed E-state index contributed by atoms with van der Waals surface area (Å²) in [6.07, 6.45) is 3.57. The summed E-state index contributed by atoms with van der Waals surface area (Å²) >= 11 is 3.24. The van der Waals surface area contributed by atoms with Crippen LogP contribution >= 0.6 is 15.9 Å². The van der Waals surface area contributed by atoms with E-state index in [9.17, 15) is 4.79 Å². The van der Waals surface area contributed by atoms with Crippen LogP contribution in [0.2, 0.25) is 0 Å². The average molecular weight is 301 g/mol. The van der Waals surface area contributed by atoms with Crippen LogP contribution in [-0.4, -0.2) is 9.97 Å². The van der Waals surface area contributed by atoms with Crippen LogP contribution in [0.25, 0.3) is 22.0 Å². The Kier molecular flexibility index (Phi) is 2.72. The van der Waals surface area contributed by atoms with Crippen molar-refractivity contribution < 1.29 is 0 Å². The number of pyridine rings is 2. The van der Waals surface area contributed by atoms with E-state index in [1.54, 1.807) is 6.20 Å². The molecular formula is C14H9BrN2O. The van der Waals surface area contributed by atoms with E-state index in [0.29, 0.717) is 4.47 Å². The van der Waals surface area contributed by atoms with Gasteiger partial charge >= 0.3 is 0 Å². The molecule has 3 nitrogen and oxygen atoms in total. The molecule has 0 unspecified atom stereocenters. The second-order valence-electron chi connectivity index (χ2n) is 3.99. The third kappa shape index (κ3) is 1.95. The molecule has 0 aliphatic carbocycles. The van der Waals surface area contributed by atoms with Crippen molar-refractivity contribution in [3.8, 4) is 11.1 Å². The summed E-state index contributed by atoms with van der Waals surface area (Å²) in [4.78, 5) is 18.4. The van der Waals surface area contributed by atoms with Crippen LogP contribution in [0.3, 0.4) is 0 Å². The summed E-state index contributed by atoms with van der Waals surface area (Å²) in [6.45, 7) is 0. The molecule has 0 saturated heterocycles. The van der Waals surface area contributed by atoms with Crippen molar-refractivity contribution in [1.82, 2.24) is 9.97 Å². The Morgan fingerprint density at radius 2 is 2.00 bits per heavy atom. The number of aromatic nitrogens is 2. The molecule has 88 valence electrons. The lowest BCUT2D eigenvalue weighted by atomic mass is 10.1. The lowest BCUT2D eigenvalue weighted by Gasteiger charge is -2.04. The average Bonchev–Trinajstić information content (AvgIpc) is 2.41. The second kappa shape index (κ2) is 4.38. The van der Waals surface area contributed by atoms with Crippen LogP contribution < -0.4 is 5.56 Å². The number of nitrogens with zero attached hydrogens (tertiary/aromatic N) is 1. The van der Waals surface area contributed by atoms with Crippen molar-refractivity contribution in [2.24, 2.45) is 0 Å². The molecule has 0 atom stereocenters. The third-order valence-corrected chi connectivity index (χ3v) is 3.38. The molecule has 0 aliphatic heterocycles. The van der Waals surface area contributed by atoms with E-state index in [2.05, 4.69) is 25.9 Å². The van der Waals surface area contributed by atoms with Gasteiger partial charge in [0, 0.05) is 23.5 Å². The van der Waals surface area contributed by atoms with Gasteiger partial charge in [0.1, 0.15) is 0 Å². The van der Waals surface area contributed by atoms with Gasteiger partial charge in [-0.05, 0) is 51.1 Å². The molecule has 0 spiro atoms. The summed E-state index contributed by atoms with van der Waals surface area (Å²) in [5.41, 5.74) is 2.85. The van der Waals surface area contributed by atoms with Gasteiger partial charge in [-0.3, -0.25) is 9.78 Å². The van der Waals surface area contributed by atoms with E-state index in [0.717, 1.165) is 22.0 Å². The van der Waals surface area contributed by atoms with Gasteiger partial charge in [-0.2, -0.15) is 0 Å². The zero-order chi connectivity index (χ0) is 12.5. The van der Waals surface area contributed by atoms with Crippen molar-refractivity contribution in [2.75, 3.05) is 0 Å². The number of benzene rings is 1. The highest BCUT2D eigenvalue weighted by molar-refractivity contribution is 9.10. The molecule has 1 aromatic carbocycles. The molecular weight excluding hydrogens is 292 g/mol. The SMILES string of the molecule is O=c1[nH]c2ccc(-c3cccnc3)cc2cc1Br. The lowest BCUT2D eigenvalue weighted by molar-refractivity contribution is 1.28. The van der Waals surface area contributed by atoms with Crippen LogP contribution in [0.5, 0.6) is 0 Å². The molecule has 3 rings (SSSR count). The largest absolute Gasteiger partial charge is 0.321 e. The van der Waals surface area contributed by atoms with Crippen molar-refractivity contribution >= 4 is 26.8 Å². The van der Waals surface area contributed by atoms with Crippen LogP contribution in [-0.2, 0) is 0 Å². The molecule has 0 bridgehead atoms. The fraction of sp³-hybridized carbons (Fsp3) is 0. The van der Waals surface area contributed by atoms with Gasteiger partial charge in [0.15, 0.2) is 0 Å². The Bertz CT molecular complexity index is 766. The summed E-state index contributed by atoms with van der Waals surface area (Å²) in [7, 11) is 0. The first-order chi connectivity index (χ1) is 8.74. The number of halogens is 1. The summed E-state index contributed by atoms with van der Waals surface area (Å²) < 4.78 is 0.540. The molecule has 4 heteroatoms. The fourth-order valence-corrected chi connectivity index (χ4v) is 2.24. The van der Waals surface area contributed by atoms with Gasteiger partial charge in [0.2, 0.25) is 0 Å². The Balaban J connectivity index is 2.23. The van der Waals surface area contributed by atoms with Crippen LogP contribution in [0.15, 0.2) is 58.1 Å². The maximum atomic E-state index is 11.5. The first kappa shape index (κ1) is 11.2. The lowest BCUT2D eigenvalue weighted by Crippen LogP contribution is -2.05. The number of rotatable bonds is 1. The first-order valence-corrected chi connectivity index (χ1v) is 6.26. The molecule has 0 radical (unpaired) electrons. The second-order valence-corrected chi connectivity index (χ2v) is 4.84. The Hall–Kier alpha value is -1.94. The van der Waals surface area contributed by atoms with E-state index < -0.39 is 0 Å². The molecule has 2 aromatic heterocycles. The van der Waals surface area contributed by atoms with Crippen molar-refractivity contribution in [3.05, 3.63) is 63.6 Å². The van der Waals surface area contributed by atoms with E-state index in [4.69, 9.17) is 0 Å². The summed E-state index contributed by atoms with van der Waals surface area (Å²) in [6, 6.07) is 11.7. The Morgan fingerprint density at radius 1 is 1.11 bits per heavy atom. The van der Waals surface area contributed by atoms with E-state index in [1.165, 1.54) is 0 Å². The minimum absolute atomic E-state index is 0.114. The van der Waals surface area contributed by atoms with Crippen LogP contribution in [0, 0.1) is 0 Å². The van der Waals surface area contributed by atoms with E-state index >= 15 is 0 Å². The van der Waals surface area contributed by atoms with Gasteiger partial charge < -0.3 is 4.98 Å². The van der Waals surface area contributed by atoms with Gasteiger partial charge in [-0.1, -0.05) is 12.1 Å². The van der Waals surface area contributed by atoms with Gasteiger partial charge in [0.05, 0.1) is 4.47 Å². The third-order valence-electron chi connectivity index (χ3n) is 2.79. The van der Waals surface area contributed by atoms with Crippen molar-refractivity contribution in [1.29, 1.82) is 0 Å². The highest BCUT2D eigenvalue weighted by Crippen LogP contribution is 2.23. The molecule has 0 aliphatic rings. The quantitative estimate of drug-likeness (QED) is 0.749. The van der Waals surface area contributed by atoms with Crippen LogP contribution in [0.4, 0.5) is 0 Å². The summed E-state index contributed by atoms with van der Waals surface area (Å²) in [5.74, 6) is 0. The smallest absolute Gasteiger partial charge is 0.262 e. The molecule has 0 amide bonds. The standard InChI is InChI=1S/C14H9BrN2O/c15-12-7-11-6-9(10-2-1-5-16-8-10)3-4-13(11)17-14(12)18/h1-8H,(H,17,18). The minimum atomic E-state index is -0.114. The minimum Gasteiger partial charge on any atom is -0.321 e. The molecule has 0 fully saturated rings. The number of fused-ring (bicyclic) bond motifs is 1. The monoisotopic (exact) mass is 300 g/mol. The maximum absolute atomic E-state index is 11.5. The Labute approximate surface area is 112 Å². The topological polar surface area (TPSA) is 45.8 Å². The number of aromatic amines is 1. The normalized spacial score (nSPS) is 10.7. The predicted octanol–water partition coefficient (Wildman–Crippen LogP) is 3.35. The summed E-state index contributed by atoms with van der Waals surface area (Å²) in [5, 5.41) is 0.989. The predicted molar refractivity (Wildman–Crippen MR) is 75.5 cm³/mol. The van der Waals surface area contributed by atoms with Gasteiger partial charge in [-0.15, -0.1) is 0 Å². The number of nitrogens with one attached hydrogen (secondary N) is 1.